The van der Waals surface area contributed by atoms with Gasteiger partial charge < -0.3 is 10.4 Å². The largest absolute Gasteiger partial charge is 0.477 e. The molecule has 1 saturated heterocycles. The van der Waals surface area contributed by atoms with Gasteiger partial charge in [0.15, 0.2) is 0 Å². The van der Waals surface area contributed by atoms with E-state index in [9.17, 15) is 14.7 Å². The molecule has 3 aliphatic rings. The Kier molecular flexibility index (Phi) is 4.53. The number of aryl methyl sites for hydroxylation is 1. The highest BCUT2D eigenvalue weighted by Gasteiger charge is 2.55. The minimum Gasteiger partial charge on any atom is -0.477 e. The van der Waals surface area contributed by atoms with Crippen molar-refractivity contribution in [3.8, 4) is 17.9 Å². The van der Waals surface area contributed by atoms with E-state index in [0.717, 1.165) is 0 Å². The van der Waals surface area contributed by atoms with Crippen molar-refractivity contribution < 1.29 is 14.7 Å². The van der Waals surface area contributed by atoms with Crippen LogP contribution in [0.15, 0.2) is 16.4 Å². The van der Waals surface area contributed by atoms with Gasteiger partial charge in [0.05, 0.1) is 0 Å². The molecule has 13 heteroatoms. The lowest BCUT2D eigenvalue weighted by atomic mass is 10.00. The molecule has 0 saturated carbocycles. The van der Waals surface area contributed by atoms with E-state index in [-0.39, 0.29) is 10.7 Å². The highest BCUT2D eigenvalue weighted by molar-refractivity contribution is 8.01. The highest BCUT2D eigenvalue weighted by Crippen LogP contribution is 2.42. The Morgan fingerprint density at radius 3 is 2.93 bits per heavy atom. The first-order valence-electron chi connectivity index (χ1n) is 7.89. The molecular formula is C15H11N7O3S3. The summed E-state index contributed by atoms with van der Waals surface area (Å²) in [4.78, 5) is 25.9. The standard InChI is InChI=1S/C15H11N7O3S3/c1-21-14(18-19-20-21)28-5-7-4-27-11-8(10(23)22(11)9(7)12(24)25)17-13(26)15(6-16)2-3-15/h8,11H,4-5H2,1H3,(H,17,26)(H,24,25)/t8?,11-/m0/s1. The Morgan fingerprint density at radius 2 is 2.36 bits per heavy atom. The molecular weight excluding hydrogens is 422 g/mol. The summed E-state index contributed by atoms with van der Waals surface area (Å²) in [6.07, 6.45) is 0. The number of carbonyl (C=O) groups excluding carboxylic acids is 1. The van der Waals surface area contributed by atoms with Crippen LogP contribution < -0.4 is 5.32 Å². The topological polar surface area (TPSA) is 137 Å². The van der Waals surface area contributed by atoms with Crippen LogP contribution in [0.1, 0.15) is 0 Å². The SMILES string of the molecule is Cn1nnnc1SCC1=C(C(=O)O)N2C(=O)C(NC(=S)C3(C#N)C#C3)[C@@H]2SC1. The number of tetrazole rings is 1. The summed E-state index contributed by atoms with van der Waals surface area (Å²) in [6.45, 7) is 0. The van der Waals surface area contributed by atoms with Gasteiger partial charge in [0.2, 0.25) is 10.6 Å². The number of rotatable bonds is 6. The number of carboxylic acids is 1. The first-order valence-corrected chi connectivity index (χ1v) is 10.3. The third kappa shape index (κ3) is 2.92. The molecule has 0 aromatic carbocycles. The Bertz CT molecular complexity index is 1040. The molecule has 1 amide bonds. The van der Waals surface area contributed by atoms with Crippen molar-refractivity contribution in [1.82, 2.24) is 30.4 Å². The molecule has 0 bridgehead atoms. The lowest BCUT2D eigenvalue weighted by Crippen LogP contribution is -2.71. The van der Waals surface area contributed by atoms with Gasteiger partial charge in [-0.25, -0.2) is 9.48 Å². The number of nitriles is 1. The molecule has 1 fully saturated rings. The summed E-state index contributed by atoms with van der Waals surface area (Å²) in [6, 6.07) is 1.30. The van der Waals surface area contributed by atoms with Crippen LogP contribution in [-0.2, 0) is 16.6 Å². The second-order valence-electron chi connectivity index (χ2n) is 6.10. The van der Waals surface area contributed by atoms with Gasteiger partial charge in [-0.05, 0) is 16.0 Å². The van der Waals surface area contributed by atoms with E-state index in [0.29, 0.717) is 22.2 Å². The van der Waals surface area contributed by atoms with Crippen molar-refractivity contribution in [3.63, 3.8) is 0 Å². The Labute approximate surface area is 172 Å². The molecule has 0 radical (unpaired) electrons. The zero-order chi connectivity index (χ0) is 20.1. The van der Waals surface area contributed by atoms with Crippen LogP contribution in [0.2, 0.25) is 0 Å². The number of nitrogens with one attached hydrogen (secondary N) is 1. The molecule has 4 rings (SSSR count). The molecule has 10 nitrogen and oxygen atoms in total. The summed E-state index contributed by atoms with van der Waals surface area (Å²) >= 11 is 7.93. The fraction of sp³-hybridized carbons (Fsp3) is 0.400. The third-order valence-electron chi connectivity index (χ3n) is 4.38. The number of hydrogen-bond donors (Lipinski definition) is 2. The molecule has 2 aliphatic heterocycles. The smallest absolute Gasteiger partial charge is 0.352 e. The number of hydrogen-bond acceptors (Lipinski definition) is 9. The van der Waals surface area contributed by atoms with Crippen LogP contribution in [0.4, 0.5) is 0 Å². The Balaban J connectivity index is 1.49. The molecule has 142 valence electrons. The van der Waals surface area contributed by atoms with Gasteiger partial charge in [0, 0.05) is 18.6 Å². The van der Waals surface area contributed by atoms with Crippen LogP contribution in [0.25, 0.3) is 0 Å². The second-order valence-corrected chi connectivity index (χ2v) is 8.56. The van der Waals surface area contributed by atoms with E-state index in [1.54, 1.807) is 7.05 Å². The van der Waals surface area contributed by atoms with E-state index in [1.165, 1.54) is 33.1 Å². The van der Waals surface area contributed by atoms with Crippen molar-refractivity contribution in [3.05, 3.63) is 11.3 Å². The van der Waals surface area contributed by atoms with Gasteiger partial charge in [0.1, 0.15) is 28.2 Å². The van der Waals surface area contributed by atoms with Crippen molar-refractivity contribution >= 4 is 52.6 Å². The molecule has 3 heterocycles. The van der Waals surface area contributed by atoms with E-state index in [2.05, 4.69) is 32.7 Å². The fourth-order valence-electron chi connectivity index (χ4n) is 2.82. The number of amides is 1. The first kappa shape index (κ1) is 18.7. The minimum absolute atomic E-state index is 0.0157. The van der Waals surface area contributed by atoms with Crippen molar-refractivity contribution in [2.75, 3.05) is 11.5 Å². The Hall–Kier alpha value is -2.61. The number of carboxylic acid groups (broad SMARTS) is 1. The fourth-order valence-corrected chi connectivity index (χ4v) is 5.43. The first-order chi connectivity index (χ1) is 13.4. The quantitative estimate of drug-likeness (QED) is 0.257. The molecule has 2 N–H and O–H groups in total. The maximum absolute atomic E-state index is 12.6. The third-order valence-corrected chi connectivity index (χ3v) is 7.24. The van der Waals surface area contributed by atoms with Crippen molar-refractivity contribution in [2.24, 2.45) is 12.5 Å². The number of aromatic nitrogens is 4. The normalized spacial score (nSPS) is 23.7. The molecule has 1 unspecified atom stereocenters. The molecule has 1 aliphatic carbocycles. The van der Waals surface area contributed by atoms with Gasteiger partial charge in [-0.1, -0.05) is 35.8 Å². The van der Waals surface area contributed by atoms with E-state index >= 15 is 0 Å². The Morgan fingerprint density at radius 1 is 1.61 bits per heavy atom. The van der Waals surface area contributed by atoms with Crippen LogP contribution in [0.3, 0.4) is 0 Å². The molecule has 1 aromatic heterocycles. The van der Waals surface area contributed by atoms with Gasteiger partial charge in [-0.2, -0.15) is 5.26 Å². The van der Waals surface area contributed by atoms with Gasteiger partial charge in [-0.15, -0.1) is 16.9 Å². The maximum Gasteiger partial charge on any atom is 0.352 e. The lowest BCUT2D eigenvalue weighted by molar-refractivity contribution is -0.148. The summed E-state index contributed by atoms with van der Waals surface area (Å²) in [5.41, 5.74) is -0.555. The summed E-state index contributed by atoms with van der Waals surface area (Å²) < 4.78 is 1.49. The highest BCUT2D eigenvalue weighted by atomic mass is 32.2. The van der Waals surface area contributed by atoms with Crippen LogP contribution in [0.5, 0.6) is 0 Å². The average Bonchev–Trinajstić information content (AvgIpc) is 3.39. The maximum atomic E-state index is 12.6. The number of fused-ring (bicyclic) bond motifs is 1. The summed E-state index contributed by atoms with van der Waals surface area (Å²) in [7, 11) is 1.69. The van der Waals surface area contributed by atoms with E-state index < -0.39 is 28.7 Å². The number of nitrogens with zero attached hydrogens (tertiary/aromatic N) is 6. The monoisotopic (exact) mass is 433 g/mol. The summed E-state index contributed by atoms with van der Waals surface area (Å²) in [5.74, 6) is 4.51. The van der Waals surface area contributed by atoms with E-state index in [1.807, 2.05) is 6.07 Å². The predicted molar refractivity (Wildman–Crippen MR) is 103 cm³/mol. The minimum atomic E-state index is -1.16. The number of thioether (sulfide) groups is 2. The molecule has 0 spiro atoms. The van der Waals surface area contributed by atoms with Crippen LogP contribution in [-0.4, -0.2) is 70.0 Å². The number of β-lactam (4-membered cyclic amide) rings is 1. The lowest BCUT2D eigenvalue weighted by Gasteiger charge is -2.50. The number of aliphatic carboxylic acids is 1. The predicted octanol–water partition coefficient (Wildman–Crippen LogP) is -0.631. The van der Waals surface area contributed by atoms with E-state index in [4.69, 9.17) is 17.5 Å². The van der Waals surface area contributed by atoms with Crippen LogP contribution in [0, 0.1) is 28.6 Å². The number of thiocarbonyl (C=S) groups is 1. The molecule has 2 atom stereocenters. The van der Waals surface area contributed by atoms with Crippen molar-refractivity contribution in [1.29, 1.82) is 5.26 Å². The second kappa shape index (κ2) is 6.77. The zero-order valence-electron chi connectivity index (χ0n) is 14.2. The van der Waals surface area contributed by atoms with Gasteiger partial charge in [0.25, 0.3) is 5.91 Å². The van der Waals surface area contributed by atoms with Crippen molar-refractivity contribution in [2.45, 2.75) is 16.6 Å². The molecule has 28 heavy (non-hydrogen) atoms. The zero-order valence-corrected chi connectivity index (χ0v) is 16.7. The number of carbonyl (C=O) groups is 2. The van der Waals surface area contributed by atoms with Gasteiger partial charge in [-0.3, -0.25) is 9.69 Å². The molecule has 1 aromatic rings. The summed E-state index contributed by atoms with van der Waals surface area (Å²) in [5, 5.41) is 33.0. The average molecular weight is 434 g/mol. The van der Waals surface area contributed by atoms with Gasteiger partial charge >= 0.3 is 5.97 Å². The van der Waals surface area contributed by atoms with Crippen LogP contribution >= 0.6 is 35.7 Å².